The van der Waals surface area contributed by atoms with Crippen LogP contribution in [0.4, 0.5) is 17.1 Å². The van der Waals surface area contributed by atoms with Gasteiger partial charge < -0.3 is 15.8 Å². The van der Waals surface area contributed by atoms with Crippen molar-refractivity contribution in [2.75, 3.05) is 18.2 Å². The number of para-hydroxylation sites is 2. The molecule has 0 fully saturated rings. The van der Waals surface area contributed by atoms with Crippen molar-refractivity contribution < 1.29 is 9.53 Å². The van der Waals surface area contributed by atoms with Gasteiger partial charge in [0.25, 0.3) is 0 Å². The van der Waals surface area contributed by atoms with Crippen LogP contribution in [0.2, 0.25) is 0 Å². The summed E-state index contributed by atoms with van der Waals surface area (Å²) in [7, 11) is 1.62. The fraction of sp³-hybridized carbons (Fsp3) is 0.133. The molecule has 4 nitrogen and oxygen atoms in total. The number of Topliss-reactive ketones (excluding diaryl/α,β-unsaturated/α-hetero) is 1. The Morgan fingerprint density at radius 2 is 1.95 bits per heavy atom. The number of anilines is 3. The van der Waals surface area contributed by atoms with E-state index < -0.39 is 0 Å². The van der Waals surface area contributed by atoms with Crippen LogP contribution in [0.3, 0.4) is 0 Å². The van der Waals surface area contributed by atoms with E-state index in [2.05, 4.69) is 5.32 Å². The Labute approximate surface area is 112 Å². The van der Waals surface area contributed by atoms with E-state index in [1.807, 2.05) is 30.3 Å². The van der Waals surface area contributed by atoms with Gasteiger partial charge in [-0.15, -0.1) is 0 Å². The Morgan fingerprint density at radius 3 is 2.58 bits per heavy atom. The van der Waals surface area contributed by atoms with Gasteiger partial charge in [-0.25, -0.2) is 0 Å². The molecule has 0 spiro atoms. The number of methoxy groups -OCH3 is 1. The summed E-state index contributed by atoms with van der Waals surface area (Å²) in [5.74, 6) is 0.707. The van der Waals surface area contributed by atoms with E-state index in [0.29, 0.717) is 11.3 Å². The number of rotatable bonds is 4. The fourth-order valence-electron chi connectivity index (χ4n) is 1.86. The summed E-state index contributed by atoms with van der Waals surface area (Å²) in [4.78, 5) is 11.3. The Bertz CT molecular complexity index is 609. The highest BCUT2D eigenvalue weighted by molar-refractivity contribution is 5.99. The highest BCUT2D eigenvalue weighted by Gasteiger charge is 2.07. The standard InChI is InChI=1S/C15H16N2O2/c1-10(18)12-8-7-11(9-13(12)16)17-14-5-3-4-6-15(14)19-2/h3-9,17H,16H2,1-2H3. The van der Waals surface area contributed by atoms with E-state index >= 15 is 0 Å². The van der Waals surface area contributed by atoms with E-state index in [-0.39, 0.29) is 5.78 Å². The molecule has 0 heterocycles. The minimum absolute atomic E-state index is 0.0404. The van der Waals surface area contributed by atoms with Crippen molar-refractivity contribution >= 4 is 22.8 Å². The van der Waals surface area contributed by atoms with Gasteiger partial charge in [0.05, 0.1) is 12.8 Å². The first-order valence-corrected chi connectivity index (χ1v) is 5.92. The molecule has 0 saturated carbocycles. The lowest BCUT2D eigenvalue weighted by Crippen LogP contribution is -2.01. The van der Waals surface area contributed by atoms with Gasteiger partial charge in [-0.05, 0) is 37.3 Å². The second-order valence-electron chi connectivity index (χ2n) is 4.18. The van der Waals surface area contributed by atoms with Gasteiger partial charge in [0.1, 0.15) is 5.75 Å². The Kier molecular flexibility index (Phi) is 3.71. The Hall–Kier alpha value is -2.49. The highest BCUT2D eigenvalue weighted by Crippen LogP contribution is 2.28. The van der Waals surface area contributed by atoms with Gasteiger partial charge in [-0.3, -0.25) is 4.79 Å². The number of nitrogens with one attached hydrogen (secondary N) is 1. The van der Waals surface area contributed by atoms with E-state index in [4.69, 9.17) is 10.5 Å². The Balaban J connectivity index is 2.29. The number of hydrogen-bond donors (Lipinski definition) is 2. The summed E-state index contributed by atoms with van der Waals surface area (Å²) >= 11 is 0. The topological polar surface area (TPSA) is 64.3 Å². The molecule has 0 saturated heterocycles. The predicted molar refractivity (Wildman–Crippen MR) is 77.1 cm³/mol. The number of benzene rings is 2. The maximum atomic E-state index is 11.3. The number of ketones is 1. The van der Waals surface area contributed by atoms with Crippen molar-refractivity contribution in [1.29, 1.82) is 0 Å². The van der Waals surface area contributed by atoms with Crippen LogP contribution in [0.5, 0.6) is 5.75 Å². The summed E-state index contributed by atoms with van der Waals surface area (Å²) in [5.41, 5.74) is 8.51. The second kappa shape index (κ2) is 5.44. The fourth-order valence-corrected chi connectivity index (χ4v) is 1.86. The number of nitrogens with two attached hydrogens (primary N) is 1. The van der Waals surface area contributed by atoms with Gasteiger partial charge in [0, 0.05) is 16.9 Å². The second-order valence-corrected chi connectivity index (χ2v) is 4.18. The average molecular weight is 256 g/mol. The molecule has 19 heavy (non-hydrogen) atoms. The van der Waals surface area contributed by atoms with Crippen molar-refractivity contribution in [2.24, 2.45) is 0 Å². The number of carbonyl (C=O) groups is 1. The van der Waals surface area contributed by atoms with Crippen LogP contribution in [0.15, 0.2) is 42.5 Å². The molecule has 2 rings (SSSR count). The van der Waals surface area contributed by atoms with Crippen molar-refractivity contribution in [1.82, 2.24) is 0 Å². The van der Waals surface area contributed by atoms with Crippen molar-refractivity contribution in [3.05, 3.63) is 48.0 Å². The van der Waals surface area contributed by atoms with Crippen LogP contribution in [-0.4, -0.2) is 12.9 Å². The quantitative estimate of drug-likeness (QED) is 0.651. The number of nitrogen functional groups attached to an aromatic ring is 1. The molecule has 0 bridgehead atoms. The Morgan fingerprint density at radius 1 is 1.21 bits per heavy atom. The molecule has 2 aromatic rings. The summed E-state index contributed by atoms with van der Waals surface area (Å²) in [5, 5.41) is 3.21. The molecule has 0 amide bonds. The first kappa shape index (κ1) is 13.0. The molecule has 0 aliphatic rings. The van der Waals surface area contributed by atoms with Gasteiger partial charge in [-0.1, -0.05) is 12.1 Å². The van der Waals surface area contributed by atoms with Gasteiger partial charge in [0.2, 0.25) is 0 Å². The lowest BCUT2D eigenvalue weighted by atomic mass is 10.1. The monoisotopic (exact) mass is 256 g/mol. The third-order valence-corrected chi connectivity index (χ3v) is 2.82. The number of carbonyl (C=O) groups excluding carboxylic acids is 1. The molecule has 0 aromatic heterocycles. The van der Waals surface area contributed by atoms with Crippen LogP contribution in [0.1, 0.15) is 17.3 Å². The zero-order valence-electron chi connectivity index (χ0n) is 10.9. The van der Waals surface area contributed by atoms with Gasteiger partial charge in [0.15, 0.2) is 5.78 Å². The molecule has 3 N–H and O–H groups in total. The normalized spacial score (nSPS) is 10.0. The maximum Gasteiger partial charge on any atom is 0.161 e. The van der Waals surface area contributed by atoms with E-state index in [1.165, 1.54) is 6.92 Å². The first-order valence-electron chi connectivity index (χ1n) is 5.92. The molecule has 4 heteroatoms. The largest absolute Gasteiger partial charge is 0.495 e. The SMILES string of the molecule is COc1ccccc1Nc1ccc(C(C)=O)c(N)c1. The van der Waals surface area contributed by atoms with Gasteiger partial charge >= 0.3 is 0 Å². The van der Waals surface area contributed by atoms with Crippen LogP contribution in [-0.2, 0) is 0 Å². The molecule has 2 aromatic carbocycles. The van der Waals surface area contributed by atoms with E-state index in [9.17, 15) is 4.79 Å². The average Bonchev–Trinajstić information content (AvgIpc) is 2.39. The summed E-state index contributed by atoms with van der Waals surface area (Å²) in [6.45, 7) is 1.50. The number of hydrogen-bond acceptors (Lipinski definition) is 4. The van der Waals surface area contributed by atoms with Crippen LogP contribution >= 0.6 is 0 Å². The zero-order valence-corrected chi connectivity index (χ0v) is 10.9. The molecule has 0 aliphatic heterocycles. The lowest BCUT2D eigenvalue weighted by Gasteiger charge is -2.12. The van der Waals surface area contributed by atoms with Crippen molar-refractivity contribution in [2.45, 2.75) is 6.92 Å². The summed E-state index contributed by atoms with van der Waals surface area (Å²) in [6.07, 6.45) is 0. The summed E-state index contributed by atoms with van der Waals surface area (Å²) < 4.78 is 5.26. The summed E-state index contributed by atoms with van der Waals surface area (Å²) in [6, 6.07) is 12.9. The highest BCUT2D eigenvalue weighted by atomic mass is 16.5. The minimum atomic E-state index is -0.0404. The molecule has 98 valence electrons. The van der Waals surface area contributed by atoms with Crippen molar-refractivity contribution in [3.63, 3.8) is 0 Å². The third-order valence-electron chi connectivity index (χ3n) is 2.82. The van der Waals surface area contributed by atoms with Crippen LogP contribution in [0.25, 0.3) is 0 Å². The molecule has 0 unspecified atom stereocenters. The number of ether oxygens (including phenoxy) is 1. The van der Waals surface area contributed by atoms with Crippen molar-refractivity contribution in [3.8, 4) is 5.75 Å². The van der Waals surface area contributed by atoms with Crippen LogP contribution in [0, 0.1) is 0 Å². The predicted octanol–water partition coefficient (Wildman–Crippen LogP) is 3.22. The maximum absolute atomic E-state index is 11.3. The van der Waals surface area contributed by atoms with Gasteiger partial charge in [-0.2, -0.15) is 0 Å². The molecule has 0 atom stereocenters. The van der Waals surface area contributed by atoms with E-state index in [1.54, 1.807) is 19.2 Å². The smallest absolute Gasteiger partial charge is 0.161 e. The van der Waals surface area contributed by atoms with Crippen LogP contribution < -0.4 is 15.8 Å². The molecular formula is C15H16N2O2. The lowest BCUT2D eigenvalue weighted by molar-refractivity contribution is 0.101. The zero-order chi connectivity index (χ0) is 13.8. The molecule has 0 radical (unpaired) electrons. The molecule has 0 aliphatic carbocycles. The minimum Gasteiger partial charge on any atom is -0.495 e. The first-order chi connectivity index (χ1) is 9.11. The van der Waals surface area contributed by atoms with E-state index in [0.717, 1.165) is 17.1 Å². The molecular weight excluding hydrogens is 240 g/mol. The third kappa shape index (κ3) is 2.85.